The Labute approximate surface area is 109 Å². The molecule has 0 aliphatic carbocycles. The maximum atomic E-state index is 5.74. The van der Waals surface area contributed by atoms with E-state index in [9.17, 15) is 0 Å². The van der Waals surface area contributed by atoms with E-state index < -0.39 is 0 Å². The fraction of sp³-hybridized carbons (Fsp3) is 0.667. The molecule has 0 aromatic carbocycles. The minimum Gasteiger partial charge on any atom is -0.383 e. The van der Waals surface area contributed by atoms with Crippen LogP contribution in [0.2, 0.25) is 0 Å². The van der Waals surface area contributed by atoms with E-state index in [1.807, 2.05) is 13.0 Å². The Balaban J connectivity index is 2.95. The molecule has 1 aromatic rings. The first-order valence-electron chi connectivity index (χ1n) is 6.22. The van der Waals surface area contributed by atoms with Crippen LogP contribution in [0.1, 0.15) is 20.8 Å². The number of nitrogens with zero attached hydrogens (tertiary/aromatic N) is 3. The minimum absolute atomic E-state index is 0.284. The third-order valence-corrected chi connectivity index (χ3v) is 2.54. The molecular formula is C12H23N5O. The van der Waals surface area contributed by atoms with Gasteiger partial charge in [-0.15, -0.1) is 0 Å². The second-order valence-electron chi connectivity index (χ2n) is 4.28. The van der Waals surface area contributed by atoms with E-state index in [0.717, 1.165) is 24.7 Å². The van der Waals surface area contributed by atoms with Gasteiger partial charge < -0.3 is 20.7 Å². The van der Waals surface area contributed by atoms with Gasteiger partial charge in [-0.3, -0.25) is 0 Å². The standard InChI is InChI=1S/C12H23N5O/c1-5-14-10-8-11(16-12(13)15-10)17(9(2)3)6-7-18-4/h8-9H,5-7H2,1-4H3,(H3,13,14,15,16). The Morgan fingerprint density at radius 2 is 2.17 bits per heavy atom. The molecule has 18 heavy (non-hydrogen) atoms. The van der Waals surface area contributed by atoms with Crippen molar-refractivity contribution in [1.82, 2.24) is 9.97 Å². The zero-order valence-corrected chi connectivity index (χ0v) is 11.6. The normalized spacial score (nSPS) is 10.7. The fourth-order valence-electron chi connectivity index (χ4n) is 1.70. The van der Waals surface area contributed by atoms with Crippen molar-refractivity contribution in [3.63, 3.8) is 0 Å². The van der Waals surface area contributed by atoms with Crippen LogP contribution in [0.15, 0.2) is 6.07 Å². The maximum Gasteiger partial charge on any atom is 0.223 e. The molecule has 6 heteroatoms. The number of nitrogen functional groups attached to an aromatic ring is 1. The van der Waals surface area contributed by atoms with E-state index in [4.69, 9.17) is 10.5 Å². The molecule has 1 heterocycles. The molecule has 0 aliphatic heterocycles. The molecule has 0 saturated heterocycles. The molecule has 0 aliphatic rings. The van der Waals surface area contributed by atoms with Gasteiger partial charge in [-0.1, -0.05) is 0 Å². The highest BCUT2D eigenvalue weighted by Crippen LogP contribution is 2.18. The molecule has 0 spiro atoms. The van der Waals surface area contributed by atoms with Crippen molar-refractivity contribution in [3.05, 3.63) is 6.07 Å². The topological polar surface area (TPSA) is 76.3 Å². The van der Waals surface area contributed by atoms with Gasteiger partial charge in [0.1, 0.15) is 11.6 Å². The predicted molar refractivity (Wildman–Crippen MR) is 75.0 cm³/mol. The van der Waals surface area contributed by atoms with Crippen LogP contribution in [0, 0.1) is 0 Å². The van der Waals surface area contributed by atoms with E-state index >= 15 is 0 Å². The smallest absolute Gasteiger partial charge is 0.223 e. The number of rotatable bonds is 7. The van der Waals surface area contributed by atoms with Crippen LogP contribution < -0.4 is 16.0 Å². The van der Waals surface area contributed by atoms with Crippen LogP contribution >= 0.6 is 0 Å². The van der Waals surface area contributed by atoms with Crippen molar-refractivity contribution in [1.29, 1.82) is 0 Å². The Morgan fingerprint density at radius 3 is 2.72 bits per heavy atom. The number of nitrogens with one attached hydrogen (secondary N) is 1. The van der Waals surface area contributed by atoms with E-state index in [1.54, 1.807) is 7.11 Å². The van der Waals surface area contributed by atoms with Gasteiger partial charge in [0.15, 0.2) is 0 Å². The maximum absolute atomic E-state index is 5.74. The Hall–Kier alpha value is -1.56. The lowest BCUT2D eigenvalue weighted by atomic mass is 10.3. The molecule has 0 radical (unpaired) electrons. The second kappa shape index (κ2) is 7.00. The zero-order chi connectivity index (χ0) is 13.5. The molecule has 102 valence electrons. The van der Waals surface area contributed by atoms with E-state index in [2.05, 4.69) is 34.0 Å². The van der Waals surface area contributed by atoms with Gasteiger partial charge in [0.2, 0.25) is 5.95 Å². The molecule has 0 bridgehead atoms. The summed E-state index contributed by atoms with van der Waals surface area (Å²) >= 11 is 0. The molecule has 0 fully saturated rings. The Morgan fingerprint density at radius 1 is 1.44 bits per heavy atom. The van der Waals surface area contributed by atoms with Crippen LogP contribution in [0.3, 0.4) is 0 Å². The summed E-state index contributed by atoms with van der Waals surface area (Å²) in [4.78, 5) is 10.6. The molecular weight excluding hydrogens is 230 g/mol. The molecule has 1 aromatic heterocycles. The van der Waals surface area contributed by atoms with Crippen molar-refractivity contribution in [3.8, 4) is 0 Å². The number of hydrogen-bond acceptors (Lipinski definition) is 6. The summed E-state index contributed by atoms with van der Waals surface area (Å²) in [6, 6.07) is 2.24. The van der Waals surface area contributed by atoms with Crippen LogP contribution in [-0.4, -0.2) is 42.8 Å². The van der Waals surface area contributed by atoms with Gasteiger partial charge in [-0.05, 0) is 20.8 Å². The second-order valence-corrected chi connectivity index (χ2v) is 4.28. The van der Waals surface area contributed by atoms with Crippen molar-refractivity contribution in [2.45, 2.75) is 26.8 Å². The molecule has 0 saturated carbocycles. The van der Waals surface area contributed by atoms with E-state index in [1.165, 1.54) is 0 Å². The SMILES string of the molecule is CCNc1cc(N(CCOC)C(C)C)nc(N)n1. The van der Waals surface area contributed by atoms with Gasteiger partial charge in [0.05, 0.1) is 6.61 Å². The summed E-state index contributed by atoms with van der Waals surface area (Å²) in [7, 11) is 1.69. The average molecular weight is 253 g/mol. The van der Waals surface area contributed by atoms with Crippen molar-refractivity contribution in [2.75, 3.05) is 42.8 Å². The number of ether oxygens (including phenoxy) is 1. The lowest BCUT2D eigenvalue weighted by molar-refractivity contribution is 0.203. The lowest BCUT2D eigenvalue weighted by Gasteiger charge is -2.27. The van der Waals surface area contributed by atoms with E-state index in [0.29, 0.717) is 12.6 Å². The van der Waals surface area contributed by atoms with Crippen LogP contribution in [-0.2, 0) is 4.74 Å². The highest BCUT2D eigenvalue weighted by atomic mass is 16.5. The van der Waals surface area contributed by atoms with Crippen molar-refractivity contribution in [2.24, 2.45) is 0 Å². The number of methoxy groups -OCH3 is 1. The summed E-state index contributed by atoms with van der Waals surface area (Å²) in [5.41, 5.74) is 5.74. The number of nitrogens with two attached hydrogens (primary N) is 1. The van der Waals surface area contributed by atoms with Crippen molar-refractivity contribution >= 4 is 17.6 Å². The van der Waals surface area contributed by atoms with Gasteiger partial charge >= 0.3 is 0 Å². The number of hydrogen-bond donors (Lipinski definition) is 2. The molecule has 0 atom stereocenters. The van der Waals surface area contributed by atoms with Crippen LogP contribution in [0.25, 0.3) is 0 Å². The highest BCUT2D eigenvalue weighted by molar-refractivity contribution is 5.53. The van der Waals surface area contributed by atoms with Gasteiger partial charge in [-0.2, -0.15) is 9.97 Å². The first kappa shape index (κ1) is 14.5. The first-order valence-corrected chi connectivity index (χ1v) is 6.22. The third-order valence-electron chi connectivity index (χ3n) is 2.54. The molecule has 6 nitrogen and oxygen atoms in total. The first-order chi connectivity index (χ1) is 8.58. The summed E-state index contributed by atoms with van der Waals surface area (Å²) in [5, 5.41) is 3.15. The number of anilines is 3. The summed E-state index contributed by atoms with van der Waals surface area (Å²) in [6.07, 6.45) is 0. The van der Waals surface area contributed by atoms with Crippen LogP contribution in [0.4, 0.5) is 17.6 Å². The Bertz CT molecular complexity index is 369. The molecule has 3 N–H and O–H groups in total. The van der Waals surface area contributed by atoms with Gasteiger partial charge in [0, 0.05) is 32.3 Å². The predicted octanol–water partition coefficient (Wildman–Crippen LogP) is 1.35. The van der Waals surface area contributed by atoms with Crippen molar-refractivity contribution < 1.29 is 4.74 Å². The van der Waals surface area contributed by atoms with Gasteiger partial charge in [-0.25, -0.2) is 0 Å². The van der Waals surface area contributed by atoms with Crippen LogP contribution in [0.5, 0.6) is 0 Å². The quantitative estimate of drug-likeness (QED) is 0.764. The summed E-state index contributed by atoms with van der Waals surface area (Å²) in [6.45, 7) is 8.47. The highest BCUT2D eigenvalue weighted by Gasteiger charge is 2.13. The fourth-order valence-corrected chi connectivity index (χ4v) is 1.70. The monoisotopic (exact) mass is 253 g/mol. The third kappa shape index (κ3) is 4.03. The summed E-state index contributed by atoms with van der Waals surface area (Å²) in [5.74, 6) is 1.86. The molecule has 0 unspecified atom stereocenters. The lowest BCUT2D eigenvalue weighted by Crippen LogP contribution is -2.34. The molecule has 0 amide bonds. The van der Waals surface area contributed by atoms with Gasteiger partial charge in [0.25, 0.3) is 0 Å². The minimum atomic E-state index is 0.284. The number of aromatic nitrogens is 2. The Kier molecular flexibility index (Phi) is 5.64. The summed E-state index contributed by atoms with van der Waals surface area (Å²) < 4.78 is 5.12. The molecule has 1 rings (SSSR count). The largest absolute Gasteiger partial charge is 0.383 e. The zero-order valence-electron chi connectivity index (χ0n) is 11.6. The average Bonchev–Trinajstić information content (AvgIpc) is 2.28. The van der Waals surface area contributed by atoms with E-state index in [-0.39, 0.29) is 5.95 Å².